The molecule has 24 heavy (non-hydrogen) atoms. The number of hydrogen-bond acceptors (Lipinski definition) is 3. The Morgan fingerprint density at radius 1 is 1.17 bits per heavy atom. The molecule has 0 saturated heterocycles. The van der Waals surface area contributed by atoms with Crippen LogP contribution in [-0.2, 0) is 9.53 Å². The highest BCUT2D eigenvalue weighted by molar-refractivity contribution is 5.95. The van der Waals surface area contributed by atoms with Crippen molar-refractivity contribution in [2.24, 2.45) is 5.92 Å². The Bertz CT molecular complexity index is 678. The second-order valence-corrected chi connectivity index (χ2v) is 6.83. The fourth-order valence-electron chi connectivity index (χ4n) is 3.46. The molecule has 2 aliphatic rings. The fourth-order valence-corrected chi connectivity index (χ4v) is 3.46. The average molecular weight is 328 g/mol. The molecule has 2 amide bonds. The summed E-state index contributed by atoms with van der Waals surface area (Å²) in [5.74, 6) is 0.0446. The Hall–Kier alpha value is -2.30. The number of amides is 2. The van der Waals surface area contributed by atoms with Crippen molar-refractivity contribution in [3.05, 3.63) is 46.7 Å². The number of rotatable bonds is 3. The minimum Gasteiger partial charge on any atom is -0.459 e. The van der Waals surface area contributed by atoms with Crippen LogP contribution in [-0.4, -0.2) is 18.1 Å². The van der Waals surface area contributed by atoms with E-state index in [0.29, 0.717) is 17.2 Å². The standard InChI is InChI=1S/C19H24N2O3/c1-11-7-9-14(10-8-11)17-16(13(3)20-19(23)21-17)18(22)24-15-6-4-5-12(15)2/h7-10,12,15,17H,4-6H2,1-3H3,(H2,20,21,23)/t12-,15-,17-/m1/s1. The summed E-state index contributed by atoms with van der Waals surface area (Å²) in [6.07, 6.45) is 3.06. The number of aryl methyl sites for hydroxylation is 1. The Labute approximate surface area is 142 Å². The van der Waals surface area contributed by atoms with Crippen molar-refractivity contribution in [3.63, 3.8) is 0 Å². The van der Waals surface area contributed by atoms with Gasteiger partial charge in [0, 0.05) is 5.70 Å². The molecule has 1 heterocycles. The number of ether oxygens (including phenoxy) is 1. The van der Waals surface area contributed by atoms with Crippen LogP contribution in [0, 0.1) is 12.8 Å². The second kappa shape index (κ2) is 6.67. The van der Waals surface area contributed by atoms with Gasteiger partial charge < -0.3 is 15.4 Å². The molecule has 5 nitrogen and oxygen atoms in total. The minimum atomic E-state index is -0.483. The highest BCUT2D eigenvalue weighted by Crippen LogP contribution is 2.32. The zero-order valence-electron chi connectivity index (χ0n) is 14.4. The molecule has 0 radical (unpaired) electrons. The molecule has 3 rings (SSSR count). The van der Waals surface area contributed by atoms with Crippen LogP contribution in [0.5, 0.6) is 0 Å². The Balaban J connectivity index is 1.88. The molecule has 0 unspecified atom stereocenters. The van der Waals surface area contributed by atoms with E-state index in [-0.39, 0.29) is 18.1 Å². The molecule has 0 bridgehead atoms. The Morgan fingerprint density at radius 3 is 2.50 bits per heavy atom. The smallest absolute Gasteiger partial charge is 0.338 e. The highest BCUT2D eigenvalue weighted by Gasteiger charge is 2.35. The summed E-state index contributed by atoms with van der Waals surface area (Å²) in [5.41, 5.74) is 3.04. The van der Waals surface area contributed by atoms with E-state index in [1.54, 1.807) is 6.92 Å². The number of hydrogen-bond donors (Lipinski definition) is 2. The zero-order valence-corrected chi connectivity index (χ0v) is 14.4. The van der Waals surface area contributed by atoms with Crippen molar-refractivity contribution in [2.75, 3.05) is 0 Å². The van der Waals surface area contributed by atoms with Crippen LogP contribution in [0.3, 0.4) is 0 Å². The number of urea groups is 1. The van der Waals surface area contributed by atoms with E-state index in [2.05, 4.69) is 17.6 Å². The predicted molar refractivity (Wildman–Crippen MR) is 91.2 cm³/mol. The second-order valence-electron chi connectivity index (χ2n) is 6.83. The van der Waals surface area contributed by atoms with Crippen LogP contribution >= 0.6 is 0 Å². The Morgan fingerprint density at radius 2 is 1.88 bits per heavy atom. The van der Waals surface area contributed by atoms with E-state index >= 15 is 0 Å². The van der Waals surface area contributed by atoms with Gasteiger partial charge in [-0.05, 0) is 44.6 Å². The lowest BCUT2D eigenvalue weighted by Gasteiger charge is -2.29. The predicted octanol–water partition coefficient (Wildman–Crippen LogP) is 3.35. The summed E-state index contributed by atoms with van der Waals surface area (Å²) in [7, 11) is 0. The van der Waals surface area contributed by atoms with Crippen LogP contribution in [0.2, 0.25) is 0 Å². The lowest BCUT2D eigenvalue weighted by molar-refractivity contribution is -0.146. The molecule has 2 N–H and O–H groups in total. The third-order valence-electron chi connectivity index (χ3n) is 4.94. The maximum Gasteiger partial charge on any atom is 0.338 e. The molecule has 1 aromatic rings. The molecule has 0 aromatic heterocycles. The first-order valence-electron chi connectivity index (χ1n) is 8.51. The molecule has 3 atom stereocenters. The van der Waals surface area contributed by atoms with Crippen molar-refractivity contribution in [1.82, 2.24) is 10.6 Å². The number of carbonyl (C=O) groups excluding carboxylic acids is 2. The van der Waals surface area contributed by atoms with Gasteiger partial charge in [-0.2, -0.15) is 0 Å². The number of nitrogens with one attached hydrogen (secondary N) is 2. The van der Waals surface area contributed by atoms with Gasteiger partial charge in [-0.25, -0.2) is 9.59 Å². The summed E-state index contributed by atoms with van der Waals surface area (Å²) in [6, 6.07) is 7.03. The molecule has 5 heteroatoms. The van der Waals surface area contributed by atoms with Crippen molar-refractivity contribution in [3.8, 4) is 0 Å². The third-order valence-corrected chi connectivity index (χ3v) is 4.94. The molecule has 128 valence electrons. The van der Waals surface area contributed by atoms with E-state index in [4.69, 9.17) is 4.74 Å². The minimum absolute atomic E-state index is 0.0332. The van der Waals surface area contributed by atoms with Gasteiger partial charge >= 0.3 is 12.0 Å². The van der Waals surface area contributed by atoms with E-state index in [1.807, 2.05) is 31.2 Å². The SMILES string of the molecule is CC1=C(C(=O)O[C@@H]2CCC[C@H]2C)[C@@H](c2ccc(C)cc2)NC(=O)N1. The van der Waals surface area contributed by atoms with Crippen LogP contribution in [0.4, 0.5) is 4.79 Å². The molecular formula is C19H24N2O3. The first-order chi connectivity index (χ1) is 11.5. The van der Waals surface area contributed by atoms with Crippen LogP contribution < -0.4 is 10.6 Å². The molecular weight excluding hydrogens is 304 g/mol. The van der Waals surface area contributed by atoms with Crippen molar-refractivity contribution < 1.29 is 14.3 Å². The van der Waals surface area contributed by atoms with E-state index in [0.717, 1.165) is 30.4 Å². The molecule has 1 aliphatic heterocycles. The molecule has 1 fully saturated rings. The van der Waals surface area contributed by atoms with Crippen molar-refractivity contribution in [1.29, 1.82) is 0 Å². The van der Waals surface area contributed by atoms with Gasteiger partial charge in [0.1, 0.15) is 6.10 Å². The van der Waals surface area contributed by atoms with E-state index in [1.165, 1.54) is 0 Å². The molecule has 1 saturated carbocycles. The lowest BCUT2D eigenvalue weighted by atomic mass is 9.95. The number of esters is 1. The van der Waals surface area contributed by atoms with Gasteiger partial charge in [-0.1, -0.05) is 36.8 Å². The largest absolute Gasteiger partial charge is 0.459 e. The first-order valence-corrected chi connectivity index (χ1v) is 8.51. The maximum absolute atomic E-state index is 12.8. The maximum atomic E-state index is 12.8. The number of allylic oxidation sites excluding steroid dienone is 1. The fraction of sp³-hybridized carbons (Fsp3) is 0.474. The van der Waals surface area contributed by atoms with Crippen LogP contribution in [0.1, 0.15) is 50.3 Å². The van der Waals surface area contributed by atoms with Gasteiger partial charge in [-0.15, -0.1) is 0 Å². The summed E-state index contributed by atoms with van der Waals surface area (Å²) in [6.45, 7) is 5.86. The van der Waals surface area contributed by atoms with Gasteiger partial charge in [0.15, 0.2) is 0 Å². The summed E-state index contributed by atoms with van der Waals surface area (Å²) in [4.78, 5) is 24.7. The van der Waals surface area contributed by atoms with Crippen molar-refractivity contribution in [2.45, 2.75) is 52.2 Å². The molecule has 0 spiro atoms. The lowest BCUT2D eigenvalue weighted by Crippen LogP contribution is -2.45. The van der Waals surface area contributed by atoms with Gasteiger partial charge in [-0.3, -0.25) is 0 Å². The number of benzene rings is 1. The Kier molecular flexibility index (Phi) is 4.60. The third kappa shape index (κ3) is 3.30. The van der Waals surface area contributed by atoms with Gasteiger partial charge in [0.05, 0.1) is 11.6 Å². The molecule has 1 aliphatic carbocycles. The summed E-state index contributed by atoms with van der Waals surface area (Å²) >= 11 is 0. The first kappa shape index (κ1) is 16.6. The quantitative estimate of drug-likeness (QED) is 0.836. The normalized spacial score (nSPS) is 26.8. The van der Waals surface area contributed by atoms with Gasteiger partial charge in [0.25, 0.3) is 0 Å². The van der Waals surface area contributed by atoms with Crippen LogP contribution in [0.15, 0.2) is 35.5 Å². The van der Waals surface area contributed by atoms with E-state index < -0.39 is 6.04 Å². The monoisotopic (exact) mass is 328 g/mol. The highest BCUT2D eigenvalue weighted by atomic mass is 16.5. The van der Waals surface area contributed by atoms with E-state index in [9.17, 15) is 9.59 Å². The van der Waals surface area contributed by atoms with Gasteiger partial charge in [0.2, 0.25) is 0 Å². The number of carbonyl (C=O) groups is 2. The summed E-state index contributed by atoms with van der Waals surface area (Å²) < 4.78 is 5.76. The topological polar surface area (TPSA) is 67.4 Å². The average Bonchev–Trinajstić information content (AvgIpc) is 2.92. The molecule has 1 aromatic carbocycles. The van der Waals surface area contributed by atoms with Crippen LogP contribution in [0.25, 0.3) is 0 Å². The summed E-state index contributed by atoms with van der Waals surface area (Å²) in [5, 5.41) is 5.53. The van der Waals surface area contributed by atoms with Crippen molar-refractivity contribution >= 4 is 12.0 Å². The zero-order chi connectivity index (χ0) is 17.3.